The number of hydrogen-bond donors (Lipinski definition) is 0. The molecule has 1 aromatic carbocycles. The monoisotopic (exact) mass is 447 g/mol. The number of piperidine rings is 1. The maximum Gasteiger partial charge on any atom is 0.410 e. The second-order valence-electron chi connectivity index (χ2n) is 10.1. The van der Waals surface area contributed by atoms with Crippen LogP contribution in [0.2, 0.25) is 0 Å². The van der Waals surface area contributed by atoms with E-state index in [-0.39, 0.29) is 18.3 Å². The lowest BCUT2D eigenvalue weighted by molar-refractivity contribution is -0.226. The van der Waals surface area contributed by atoms with Crippen molar-refractivity contribution in [2.24, 2.45) is 5.41 Å². The number of ether oxygens (including phenoxy) is 4. The highest BCUT2D eigenvalue weighted by Gasteiger charge is 2.43. The smallest absolute Gasteiger partial charge is 0.410 e. The molecule has 1 saturated heterocycles. The highest BCUT2D eigenvalue weighted by atomic mass is 16.7. The Balaban J connectivity index is 1.63. The molecule has 0 unspecified atom stereocenters. The standard InChI is InChI=1S/C24H33NO7/c1-22(2,3)32-21(28)25-11-9-24(10-12-25)30-15-17-13-16(7-8-19(17)31-24)18(26)14-23(4,5)20(27)29-6/h7-8,13H,9-12,14-15H2,1-6H3. The van der Waals surface area contributed by atoms with Gasteiger partial charge in [-0.15, -0.1) is 0 Å². The van der Waals surface area contributed by atoms with Crippen LogP contribution < -0.4 is 4.74 Å². The number of carbonyl (C=O) groups excluding carboxylic acids is 3. The van der Waals surface area contributed by atoms with Crippen molar-refractivity contribution in [3.05, 3.63) is 29.3 Å². The summed E-state index contributed by atoms with van der Waals surface area (Å²) in [7, 11) is 1.32. The van der Waals surface area contributed by atoms with E-state index in [1.807, 2.05) is 20.8 Å². The molecule has 2 aliphatic heterocycles. The molecule has 0 saturated carbocycles. The van der Waals surface area contributed by atoms with Gasteiger partial charge in [0.1, 0.15) is 11.4 Å². The van der Waals surface area contributed by atoms with Crippen LogP contribution in [-0.4, -0.2) is 54.3 Å². The van der Waals surface area contributed by atoms with Crippen molar-refractivity contribution in [2.75, 3.05) is 20.2 Å². The fourth-order valence-corrected chi connectivity index (χ4v) is 3.86. The van der Waals surface area contributed by atoms with E-state index in [9.17, 15) is 14.4 Å². The Kier molecular flexibility index (Phi) is 6.56. The summed E-state index contributed by atoms with van der Waals surface area (Å²) in [4.78, 5) is 38.6. The molecule has 1 fully saturated rings. The number of likely N-dealkylation sites (tertiary alicyclic amines) is 1. The normalized spacial score (nSPS) is 17.9. The molecule has 1 spiro atoms. The molecule has 0 atom stereocenters. The van der Waals surface area contributed by atoms with Gasteiger partial charge in [-0.25, -0.2) is 4.79 Å². The molecule has 2 aliphatic rings. The van der Waals surface area contributed by atoms with Gasteiger partial charge in [-0.3, -0.25) is 9.59 Å². The molecule has 0 aromatic heterocycles. The van der Waals surface area contributed by atoms with Crippen LogP contribution in [0.5, 0.6) is 5.75 Å². The number of benzene rings is 1. The second-order valence-corrected chi connectivity index (χ2v) is 10.1. The van der Waals surface area contributed by atoms with Crippen LogP contribution in [0.15, 0.2) is 18.2 Å². The predicted octanol–water partition coefficient (Wildman–Crippen LogP) is 4.09. The second kappa shape index (κ2) is 8.73. The average Bonchev–Trinajstić information content (AvgIpc) is 2.71. The minimum absolute atomic E-state index is 0.0462. The van der Waals surface area contributed by atoms with Gasteiger partial charge >= 0.3 is 12.1 Å². The highest BCUT2D eigenvalue weighted by Crippen LogP contribution is 2.38. The van der Waals surface area contributed by atoms with Crippen molar-refractivity contribution in [1.82, 2.24) is 4.90 Å². The van der Waals surface area contributed by atoms with Crippen molar-refractivity contribution < 1.29 is 33.3 Å². The SMILES string of the molecule is COC(=O)C(C)(C)CC(=O)c1ccc2c(c1)COC1(CCN(C(=O)OC(C)(C)C)CC1)O2. The average molecular weight is 448 g/mol. The third-order valence-corrected chi connectivity index (χ3v) is 5.69. The highest BCUT2D eigenvalue weighted by molar-refractivity contribution is 5.99. The number of carbonyl (C=O) groups is 3. The Morgan fingerprint density at radius 2 is 1.75 bits per heavy atom. The Morgan fingerprint density at radius 1 is 1.09 bits per heavy atom. The molecule has 176 valence electrons. The Bertz CT molecular complexity index is 892. The molecule has 0 aliphatic carbocycles. The van der Waals surface area contributed by atoms with E-state index in [0.717, 1.165) is 5.56 Å². The van der Waals surface area contributed by atoms with Crippen molar-refractivity contribution >= 4 is 17.8 Å². The van der Waals surface area contributed by atoms with E-state index < -0.39 is 22.8 Å². The van der Waals surface area contributed by atoms with E-state index in [1.165, 1.54) is 7.11 Å². The molecule has 3 rings (SSSR count). The quantitative estimate of drug-likeness (QED) is 0.507. The largest absolute Gasteiger partial charge is 0.469 e. The molecule has 32 heavy (non-hydrogen) atoms. The predicted molar refractivity (Wildman–Crippen MR) is 116 cm³/mol. The number of Topliss-reactive ketones (excluding diaryl/α,β-unsaturated/α-hetero) is 1. The van der Waals surface area contributed by atoms with Gasteiger partial charge in [0, 0.05) is 43.5 Å². The summed E-state index contributed by atoms with van der Waals surface area (Å²) in [5.74, 6) is -0.681. The zero-order valence-electron chi connectivity index (χ0n) is 19.8. The fraction of sp³-hybridized carbons (Fsp3) is 0.625. The first kappa shape index (κ1) is 24.0. The maximum absolute atomic E-state index is 12.7. The molecule has 1 aromatic rings. The molecule has 1 amide bonds. The lowest BCUT2D eigenvalue weighted by Crippen LogP contribution is -2.53. The van der Waals surface area contributed by atoms with Crippen molar-refractivity contribution in [2.45, 2.75) is 71.9 Å². The molecule has 8 heteroatoms. The lowest BCUT2D eigenvalue weighted by Gasteiger charge is -2.44. The van der Waals surface area contributed by atoms with Crippen LogP contribution >= 0.6 is 0 Å². The van der Waals surface area contributed by atoms with E-state index in [0.29, 0.717) is 43.9 Å². The summed E-state index contributed by atoms with van der Waals surface area (Å²) in [5.41, 5.74) is -0.152. The maximum atomic E-state index is 12.7. The molecule has 8 nitrogen and oxygen atoms in total. The van der Waals surface area contributed by atoms with Crippen molar-refractivity contribution in [3.63, 3.8) is 0 Å². The number of fused-ring (bicyclic) bond motifs is 1. The van der Waals surface area contributed by atoms with Gasteiger partial charge in [0.15, 0.2) is 5.78 Å². The first-order chi connectivity index (χ1) is 14.8. The van der Waals surface area contributed by atoms with Gasteiger partial charge in [-0.2, -0.15) is 0 Å². The van der Waals surface area contributed by atoms with Crippen LogP contribution in [0.25, 0.3) is 0 Å². The van der Waals surface area contributed by atoms with Gasteiger partial charge in [0.25, 0.3) is 0 Å². The summed E-state index contributed by atoms with van der Waals surface area (Å²) >= 11 is 0. The van der Waals surface area contributed by atoms with E-state index in [2.05, 4.69) is 0 Å². The van der Waals surface area contributed by atoms with Crippen LogP contribution in [0.3, 0.4) is 0 Å². The number of esters is 1. The molecule has 0 N–H and O–H groups in total. The van der Waals surface area contributed by atoms with Crippen LogP contribution in [-0.2, 0) is 25.6 Å². The zero-order chi connectivity index (χ0) is 23.7. The van der Waals surface area contributed by atoms with E-state index in [1.54, 1.807) is 36.9 Å². The molecular weight excluding hydrogens is 414 g/mol. The number of rotatable bonds is 4. The van der Waals surface area contributed by atoms with Gasteiger partial charge in [-0.05, 0) is 52.8 Å². The lowest BCUT2D eigenvalue weighted by atomic mass is 9.85. The number of amides is 1. The van der Waals surface area contributed by atoms with Gasteiger partial charge in [0.05, 0.1) is 19.1 Å². The molecule has 0 radical (unpaired) electrons. The van der Waals surface area contributed by atoms with Crippen molar-refractivity contribution in [3.8, 4) is 5.75 Å². The van der Waals surface area contributed by atoms with Crippen LogP contribution in [0.4, 0.5) is 4.79 Å². The van der Waals surface area contributed by atoms with Crippen molar-refractivity contribution in [1.29, 1.82) is 0 Å². The van der Waals surface area contributed by atoms with Gasteiger partial charge in [-0.1, -0.05) is 0 Å². The summed E-state index contributed by atoms with van der Waals surface area (Å²) in [6.07, 6.45) is 0.769. The third-order valence-electron chi connectivity index (χ3n) is 5.69. The minimum Gasteiger partial charge on any atom is -0.469 e. The zero-order valence-corrected chi connectivity index (χ0v) is 19.8. The van der Waals surface area contributed by atoms with Crippen LogP contribution in [0.1, 0.15) is 69.8 Å². The third kappa shape index (κ3) is 5.41. The Morgan fingerprint density at radius 3 is 2.34 bits per heavy atom. The fourth-order valence-electron chi connectivity index (χ4n) is 3.86. The topological polar surface area (TPSA) is 91.4 Å². The van der Waals surface area contributed by atoms with Gasteiger partial charge < -0.3 is 23.8 Å². The number of ketones is 1. The molecular formula is C24H33NO7. The first-order valence-electron chi connectivity index (χ1n) is 10.9. The van der Waals surface area contributed by atoms with Gasteiger partial charge in [0.2, 0.25) is 5.79 Å². The summed E-state index contributed by atoms with van der Waals surface area (Å²) in [5, 5.41) is 0. The Hall–Kier alpha value is -2.61. The summed E-state index contributed by atoms with van der Waals surface area (Å²) < 4.78 is 22.5. The summed E-state index contributed by atoms with van der Waals surface area (Å²) in [6, 6.07) is 5.25. The minimum atomic E-state index is -0.902. The number of methoxy groups -OCH3 is 1. The number of hydrogen-bond acceptors (Lipinski definition) is 7. The van der Waals surface area contributed by atoms with E-state index in [4.69, 9.17) is 18.9 Å². The van der Waals surface area contributed by atoms with Crippen LogP contribution in [0, 0.1) is 5.41 Å². The number of nitrogens with zero attached hydrogens (tertiary/aromatic N) is 1. The molecule has 2 heterocycles. The summed E-state index contributed by atoms with van der Waals surface area (Å²) in [6.45, 7) is 10.2. The first-order valence-corrected chi connectivity index (χ1v) is 10.9. The van der Waals surface area contributed by atoms with E-state index >= 15 is 0 Å². The molecule has 0 bridgehead atoms. The Labute approximate surface area is 189 Å².